The molecule has 29 heavy (non-hydrogen) atoms. The van der Waals surface area contributed by atoms with Crippen LogP contribution in [-0.4, -0.2) is 11.9 Å². The van der Waals surface area contributed by atoms with Crippen LogP contribution in [-0.2, 0) is 9.53 Å². The van der Waals surface area contributed by atoms with E-state index in [-0.39, 0.29) is 5.02 Å². The quantitative estimate of drug-likeness (QED) is 0.553. The Balaban J connectivity index is 1.92. The fourth-order valence-corrected chi connectivity index (χ4v) is 3.07. The van der Waals surface area contributed by atoms with Gasteiger partial charge in [-0.15, -0.1) is 0 Å². The van der Waals surface area contributed by atoms with E-state index < -0.39 is 29.4 Å². The van der Waals surface area contributed by atoms with Crippen LogP contribution in [0.25, 0.3) is 0 Å². The molecule has 0 saturated heterocycles. The monoisotopic (exact) mass is 411 g/mol. The minimum atomic E-state index is -1.28. The summed E-state index contributed by atoms with van der Waals surface area (Å²) in [5, 5.41) is 2.71. The summed E-state index contributed by atoms with van der Waals surface area (Å²) in [5.74, 6) is -2.38. The maximum Gasteiger partial charge on any atom is 0.343 e. The van der Waals surface area contributed by atoms with Gasteiger partial charge in [-0.05, 0) is 43.2 Å². The van der Waals surface area contributed by atoms with Crippen LogP contribution in [0, 0.1) is 19.7 Å². The van der Waals surface area contributed by atoms with Gasteiger partial charge in [-0.25, -0.2) is 9.18 Å². The van der Waals surface area contributed by atoms with E-state index in [0.29, 0.717) is 11.3 Å². The van der Waals surface area contributed by atoms with E-state index in [9.17, 15) is 14.0 Å². The predicted octanol–water partition coefficient (Wildman–Crippen LogP) is 5.63. The van der Waals surface area contributed by atoms with Crippen LogP contribution in [0.2, 0.25) is 5.02 Å². The van der Waals surface area contributed by atoms with Crippen molar-refractivity contribution in [1.82, 2.24) is 0 Å². The summed E-state index contributed by atoms with van der Waals surface area (Å²) >= 11 is 5.96. The van der Waals surface area contributed by atoms with E-state index in [1.165, 1.54) is 12.1 Å². The molecule has 3 aromatic carbocycles. The lowest BCUT2D eigenvalue weighted by atomic mass is 10.1. The number of nitrogens with one attached hydrogen (secondary N) is 1. The number of amides is 1. The topological polar surface area (TPSA) is 55.4 Å². The summed E-state index contributed by atoms with van der Waals surface area (Å²) in [5.41, 5.74) is 2.48. The molecule has 1 N–H and O–H groups in total. The number of hydrogen-bond acceptors (Lipinski definition) is 3. The van der Waals surface area contributed by atoms with Crippen molar-refractivity contribution in [3.63, 3.8) is 0 Å². The van der Waals surface area contributed by atoms with E-state index in [2.05, 4.69) is 5.32 Å². The molecular weight excluding hydrogens is 393 g/mol. The van der Waals surface area contributed by atoms with Crippen molar-refractivity contribution in [3.8, 4) is 0 Å². The van der Waals surface area contributed by atoms with Crippen LogP contribution in [0.3, 0.4) is 0 Å². The van der Waals surface area contributed by atoms with Gasteiger partial charge in [0.15, 0.2) is 0 Å². The summed E-state index contributed by atoms with van der Waals surface area (Å²) in [6.45, 7) is 3.77. The zero-order chi connectivity index (χ0) is 21.0. The maximum absolute atomic E-state index is 14.1. The van der Waals surface area contributed by atoms with E-state index in [0.717, 1.165) is 17.2 Å². The summed E-state index contributed by atoms with van der Waals surface area (Å²) in [6, 6.07) is 18.0. The van der Waals surface area contributed by atoms with Crippen molar-refractivity contribution in [2.24, 2.45) is 0 Å². The average Bonchev–Trinajstić information content (AvgIpc) is 2.69. The highest BCUT2D eigenvalue weighted by Crippen LogP contribution is 2.26. The zero-order valence-electron chi connectivity index (χ0n) is 15.9. The number of rotatable bonds is 5. The third-order valence-electron chi connectivity index (χ3n) is 4.38. The Morgan fingerprint density at radius 3 is 2.41 bits per heavy atom. The lowest BCUT2D eigenvalue weighted by molar-refractivity contribution is -0.125. The van der Waals surface area contributed by atoms with Gasteiger partial charge >= 0.3 is 5.97 Å². The Morgan fingerprint density at radius 2 is 1.72 bits per heavy atom. The van der Waals surface area contributed by atoms with Crippen molar-refractivity contribution >= 4 is 29.2 Å². The fourth-order valence-electron chi connectivity index (χ4n) is 2.83. The largest absolute Gasteiger partial charge is 0.444 e. The number of esters is 1. The Kier molecular flexibility index (Phi) is 6.29. The van der Waals surface area contributed by atoms with Crippen LogP contribution in [0.15, 0.2) is 66.7 Å². The first kappa shape index (κ1) is 20.6. The number of hydrogen-bond donors (Lipinski definition) is 1. The predicted molar refractivity (Wildman–Crippen MR) is 111 cm³/mol. The molecule has 0 heterocycles. The Labute approximate surface area is 173 Å². The SMILES string of the molecule is Cc1ccc(C)c(NC(=O)[C@@H](OC(=O)c2c(F)cccc2Cl)c2ccccc2)c1. The molecule has 1 amide bonds. The van der Waals surface area contributed by atoms with Gasteiger partial charge in [0.25, 0.3) is 5.91 Å². The first-order valence-corrected chi connectivity index (χ1v) is 9.32. The molecule has 0 bridgehead atoms. The molecule has 0 aromatic heterocycles. The number of benzene rings is 3. The molecule has 0 unspecified atom stereocenters. The number of halogens is 2. The number of carbonyl (C=O) groups is 2. The van der Waals surface area contributed by atoms with E-state index in [1.54, 1.807) is 30.3 Å². The molecule has 0 radical (unpaired) electrons. The molecule has 0 fully saturated rings. The standard InChI is InChI=1S/C23H19ClFNO3/c1-14-11-12-15(2)19(13-14)26-22(27)21(16-7-4-3-5-8-16)29-23(28)20-17(24)9-6-10-18(20)25/h3-13,21H,1-2H3,(H,26,27)/t21-/m0/s1. The highest BCUT2D eigenvalue weighted by Gasteiger charge is 2.28. The van der Waals surface area contributed by atoms with Gasteiger partial charge in [0.05, 0.1) is 5.02 Å². The van der Waals surface area contributed by atoms with Crippen LogP contribution in [0.1, 0.15) is 33.2 Å². The second-order valence-electron chi connectivity index (χ2n) is 6.60. The molecule has 1 atom stereocenters. The summed E-state index contributed by atoms with van der Waals surface area (Å²) in [4.78, 5) is 25.6. The lowest BCUT2D eigenvalue weighted by Crippen LogP contribution is -2.26. The molecule has 0 saturated carbocycles. The maximum atomic E-state index is 14.1. The molecule has 3 aromatic rings. The number of ether oxygens (including phenoxy) is 1. The van der Waals surface area contributed by atoms with Crippen LogP contribution in [0.4, 0.5) is 10.1 Å². The van der Waals surface area contributed by atoms with Crippen LogP contribution in [0.5, 0.6) is 0 Å². The highest BCUT2D eigenvalue weighted by atomic mass is 35.5. The third-order valence-corrected chi connectivity index (χ3v) is 4.70. The highest BCUT2D eigenvalue weighted by molar-refractivity contribution is 6.33. The number of carbonyl (C=O) groups excluding carboxylic acids is 2. The van der Waals surface area contributed by atoms with Crippen LogP contribution >= 0.6 is 11.6 Å². The average molecular weight is 412 g/mol. The normalized spacial score (nSPS) is 11.6. The first-order chi connectivity index (χ1) is 13.9. The molecule has 0 spiro atoms. The van der Waals surface area contributed by atoms with Gasteiger partial charge in [-0.1, -0.05) is 60.1 Å². The smallest absolute Gasteiger partial charge is 0.343 e. The summed E-state index contributed by atoms with van der Waals surface area (Å²) in [7, 11) is 0. The van der Waals surface area contributed by atoms with Gasteiger partial charge in [-0.3, -0.25) is 4.79 Å². The Bertz CT molecular complexity index is 1030. The second kappa shape index (κ2) is 8.88. The Morgan fingerprint density at radius 1 is 1.00 bits per heavy atom. The van der Waals surface area contributed by atoms with Crippen molar-refractivity contribution in [2.75, 3.05) is 5.32 Å². The minimum absolute atomic E-state index is 0.0863. The van der Waals surface area contributed by atoms with Gasteiger partial charge in [-0.2, -0.15) is 0 Å². The fraction of sp³-hybridized carbons (Fsp3) is 0.130. The van der Waals surface area contributed by atoms with Gasteiger partial charge in [0.2, 0.25) is 6.10 Å². The summed E-state index contributed by atoms with van der Waals surface area (Å²) < 4.78 is 19.5. The molecular formula is C23H19ClFNO3. The van der Waals surface area contributed by atoms with Gasteiger partial charge < -0.3 is 10.1 Å². The molecule has 0 aliphatic carbocycles. The van der Waals surface area contributed by atoms with Gasteiger partial charge in [0, 0.05) is 11.3 Å². The van der Waals surface area contributed by atoms with Crippen molar-refractivity contribution in [2.45, 2.75) is 20.0 Å². The molecule has 0 aliphatic heterocycles. The molecule has 4 nitrogen and oxygen atoms in total. The van der Waals surface area contributed by atoms with Crippen molar-refractivity contribution in [3.05, 3.63) is 99.8 Å². The number of anilines is 1. The zero-order valence-corrected chi connectivity index (χ0v) is 16.7. The molecule has 3 rings (SSSR count). The van der Waals surface area contributed by atoms with Gasteiger partial charge in [0.1, 0.15) is 11.4 Å². The second-order valence-corrected chi connectivity index (χ2v) is 7.01. The number of aryl methyl sites for hydroxylation is 2. The summed E-state index contributed by atoms with van der Waals surface area (Å²) in [6.07, 6.45) is -1.28. The van der Waals surface area contributed by atoms with E-state index in [1.807, 2.05) is 32.0 Å². The van der Waals surface area contributed by atoms with Crippen LogP contribution < -0.4 is 5.32 Å². The Hall–Kier alpha value is -3.18. The minimum Gasteiger partial charge on any atom is -0.444 e. The molecule has 148 valence electrons. The van der Waals surface area contributed by atoms with Crippen molar-refractivity contribution < 1.29 is 18.7 Å². The van der Waals surface area contributed by atoms with E-state index in [4.69, 9.17) is 16.3 Å². The van der Waals surface area contributed by atoms with Crippen molar-refractivity contribution in [1.29, 1.82) is 0 Å². The first-order valence-electron chi connectivity index (χ1n) is 8.95. The molecule has 6 heteroatoms. The van der Waals surface area contributed by atoms with E-state index >= 15 is 0 Å². The third kappa shape index (κ3) is 4.81. The lowest BCUT2D eigenvalue weighted by Gasteiger charge is -2.19. The molecule has 0 aliphatic rings.